The predicted molar refractivity (Wildman–Crippen MR) is 82.0 cm³/mol. The number of benzene rings is 1. The van der Waals surface area contributed by atoms with Gasteiger partial charge in [-0.25, -0.2) is 0 Å². The number of anilines is 1. The number of nitrogens with zero attached hydrogens (tertiary/aromatic N) is 1. The highest BCUT2D eigenvalue weighted by molar-refractivity contribution is 6.00. The molecule has 2 atom stereocenters. The van der Waals surface area contributed by atoms with Crippen molar-refractivity contribution in [3.05, 3.63) is 29.3 Å². The molecule has 3 rings (SSSR count). The van der Waals surface area contributed by atoms with E-state index in [0.717, 1.165) is 18.4 Å². The minimum Gasteiger partial charge on any atom is -0.374 e. The van der Waals surface area contributed by atoms with Crippen molar-refractivity contribution in [2.45, 2.75) is 44.8 Å². The zero-order chi connectivity index (χ0) is 14.8. The average molecular weight is 289 g/mol. The summed E-state index contributed by atoms with van der Waals surface area (Å²) in [6, 6.07) is 5.94. The van der Waals surface area contributed by atoms with E-state index in [-0.39, 0.29) is 18.1 Å². The maximum Gasteiger partial charge on any atom is 0.256 e. The molecule has 1 amide bonds. The molecule has 1 aliphatic heterocycles. The van der Waals surface area contributed by atoms with Crippen molar-refractivity contribution in [1.29, 1.82) is 0 Å². The van der Waals surface area contributed by atoms with Crippen molar-refractivity contribution in [2.24, 2.45) is 5.84 Å². The molecule has 5 heteroatoms. The van der Waals surface area contributed by atoms with Crippen LogP contribution in [0.25, 0.3) is 0 Å². The fraction of sp³-hybridized carbons (Fsp3) is 0.562. The molecule has 0 radical (unpaired) electrons. The number of fused-ring (bicyclic) bond motifs is 1. The minimum atomic E-state index is 0.0585. The summed E-state index contributed by atoms with van der Waals surface area (Å²) in [7, 11) is 0. The molecule has 3 N–H and O–H groups in total. The maximum absolute atomic E-state index is 12.9. The van der Waals surface area contributed by atoms with Crippen molar-refractivity contribution in [3.8, 4) is 0 Å². The smallest absolute Gasteiger partial charge is 0.256 e. The van der Waals surface area contributed by atoms with E-state index in [1.807, 2.05) is 30.0 Å². The normalized spacial score (nSPS) is 25.3. The number of nitrogens with two attached hydrogens (primary N) is 1. The van der Waals surface area contributed by atoms with Crippen molar-refractivity contribution >= 4 is 11.6 Å². The molecule has 1 aromatic carbocycles. The number of ether oxygens (including phenoxy) is 1. The summed E-state index contributed by atoms with van der Waals surface area (Å²) in [6.45, 7) is 3.28. The van der Waals surface area contributed by atoms with Gasteiger partial charge in [-0.1, -0.05) is 18.9 Å². The Morgan fingerprint density at radius 2 is 2.19 bits per heavy atom. The minimum absolute atomic E-state index is 0.0585. The summed E-state index contributed by atoms with van der Waals surface area (Å²) in [4.78, 5) is 14.9. The highest BCUT2D eigenvalue weighted by Gasteiger charge is 2.37. The van der Waals surface area contributed by atoms with Gasteiger partial charge in [0.05, 0.1) is 30.0 Å². The number of nitrogen functional groups attached to an aromatic ring is 1. The molecular weight excluding hydrogens is 266 g/mol. The van der Waals surface area contributed by atoms with Gasteiger partial charge in [-0.3, -0.25) is 10.6 Å². The van der Waals surface area contributed by atoms with E-state index in [1.54, 1.807) is 0 Å². The molecule has 1 heterocycles. The van der Waals surface area contributed by atoms with Crippen molar-refractivity contribution in [3.63, 3.8) is 0 Å². The molecule has 1 aromatic rings. The van der Waals surface area contributed by atoms with Gasteiger partial charge in [0.25, 0.3) is 5.91 Å². The quantitative estimate of drug-likeness (QED) is 0.646. The van der Waals surface area contributed by atoms with Gasteiger partial charge in [-0.15, -0.1) is 0 Å². The Hall–Kier alpha value is -1.59. The largest absolute Gasteiger partial charge is 0.374 e. The fourth-order valence-electron chi connectivity index (χ4n) is 3.47. The first-order valence-corrected chi connectivity index (χ1v) is 7.70. The molecule has 5 nitrogen and oxygen atoms in total. The summed E-state index contributed by atoms with van der Waals surface area (Å²) in [5.74, 6) is 5.63. The van der Waals surface area contributed by atoms with Gasteiger partial charge in [0.2, 0.25) is 0 Å². The summed E-state index contributed by atoms with van der Waals surface area (Å²) >= 11 is 0. The van der Waals surface area contributed by atoms with Crippen LogP contribution in [0.2, 0.25) is 0 Å². The molecule has 1 saturated heterocycles. The van der Waals surface area contributed by atoms with Gasteiger partial charge in [0.15, 0.2) is 0 Å². The summed E-state index contributed by atoms with van der Waals surface area (Å²) in [6.07, 6.45) is 4.67. The maximum atomic E-state index is 12.9. The number of morpholine rings is 1. The number of rotatable bonds is 2. The third-order valence-corrected chi connectivity index (χ3v) is 4.55. The molecule has 0 spiro atoms. The number of carbonyl (C=O) groups excluding carboxylic acids is 1. The number of nitrogens with one attached hydrogen (secondary N) is 1. The number of amides is 1. The van der Waals surface area contributed by atoms with Crippen LogP contribution < -0.4 is 11.3 Å². The Balaban J connectivity index is 1.87. The van der Waals surface area contributed by atoms with Crippen LogP contribution in [0.4, 0.5) is 5.69 Å². The molecule has 1 saturated carbocycles. The average Bonchev–Trinajstić information content (AvgIpc) is 2.53. The lowest BCUT2D eigenvalue weighted by atomic mass is 9.89. The standard InChI is InChI=1S/C16H23N3O2/c1-11-6-7-12(13(10-11)18-17)16(20)19-8-9-21-15-5-3-2-4-14(15)19/h6-7,10,14-15,18H,2-5,8-9,17H2,1H3. The van der Waals surface area contributed by atoms with E-state index in [4.69, 9.17) is 10.6 Å². The van der Waals surface area contributed by atoms with E-state index >= 15 is 0 Å². The van der Waals surface area contributed by atoms with Crippen molar-refractivity contribution in [1.82, 2.24) is 4.90 Å². The third-order valence-electron chi connectivity index (χ3n) is 4.55. The van der Waals surface area contributed by atoms with Crippen LogP contribution >= 0.6 is 0 Å². The predicted octanol–water partition coefficient (Wildman–Crippen LogP) is 2.06. The first kappa shape index (κ1) is 14.4. The van der Waals surface area contributed by atoms with E-state index in [0.29, 0.717) is 24.4 Å². The molecule has 0 aromatic heterocycles. The number of hydrogen-bond acceptors (Lipinski definition) is 4. The number of aryl methyl sites for hydroxylation is 1. The van der Waals surface area contributed by atoms with Gasteiger partial charge < -0.3 is 15.1 Å². The van der Waals surface area contributed by atoms with E-state index in [2.05, 4.69) is 5.43 Å². The van der Waals surface area contributed by atoms with E-state index in [1.165, 1.54) is 12.8 Å². The second kappa shape index (κ2) is 6.03. The summed E-state index contributed by atoms with van der Waals surface area (Å²) in [5.41, 5.74) is 5.07. The lowest BCUT2D eigenvalue weighted by Gasteiger charge is -2.44. The Morgan fingerprint density at radius 1 is 1.38 bits per heavy atom. The first-order valence-electron chi connectivity index (χ1n) is 7.70. The number of hydrazine groups is 1. The second-order valence-electron chi connectivity index (χ2n) is 5.95. The zero-order valence-electron chi connectivity index (χ0n) is 12.5. The highest BCUT2D eigenvalue weighted by Crippen LogP contribution is 2.30. The van der Waals surface area contributed by atoms with Crippen molar-refractivity contribution in [2.75, 3.05) is 18.6 Å². The van der Waals surface area contributed by atoms with Crippen LogP contribution in [0.3, 0.4) is 0 Å². The molecule has 1 aliphatic carbocycles. The van der Waals surface area contributed by atoms with Gasteiger partial charge in [-0.2, -0.15) is 0 Å². The molecule has 114 valence electrons. The molecule has 0 bridgehead atoms. The third kappa shape index (κ3) is 2.76. The van der Waals surface area contributed by atoms with Crippen LogP contribution in [0.5, 0.6) is 0 Å². The fourth-order valence-corrected chi connectivity index (χ4v) is 3.47. The Kier molecular flexibility index (Phi) is 4.12. The zero-order valence-corrected chi connectivity index (χ0v) is 12.5. The highest BCUT2D eigenvalue weighted by atomic mass is 16.5. The van der Waals surface area contributed by atoms with Gasteiger partial charge in [0, 0.05) is 6.54 Å². The first-order chi connectivity index (χ1) is 10.2. The van der Waals surface area contributed by atoms with Crippen LogP contribution in [-0.2, 0) is 4.74 Å². The van der Waals surface area contributed by atoms with Crippen molar-refractivity contribution < 1.29 is 9.53 Å². The SMILES string of the molecule is Cc1ccc(C(=O)N2CCOC3CCCCC32)c(NN)c1. The second-order valence-corrected chi connectivity index (χ2v) is 5.95. The topological polar surface area (TPSA) is 67.6 Å². The summed E-state index contributed by atoms with van der Waals surface area (Å²) in [5, 5.41) is 0. The van der Waals surface area contributed by atoms with E-state index < -0.39 is 0 Å². The van der Waals surface area contributed by atoms with Crippen LogP contribution in [0.15, 0.2) is 18.2 Å². The summed E-state index contributed by atoms with van der Waals surface area (Å²) < 4.78 is 5.84. The number of hydrogen-bond donors (Lipinski definition) is 2. The Bertz CT molecular complexity index is 530. The molecule has 2 fully saturated rings. The van der Waals surface area contributed by atoms with Crippen LogP contribution in [0, 0.1) is 6.92 Å². The molecule has 2 aliphatic rings. The molecule has 2 unspecified atom stereocenters. The van der Waals surface area contributed by atoms with Gasteiger partial charge in [0.1, 0.15) is 0 Å². The molecular formula is C16H23N3O2. The van der Waals surface area contributed by atoms with Gasteiger partial charge >= 0.3 is 0 Å². The Labute approximate surface area is 125 Å². The van der Waals surface area contributed by atoms with Crippen LogP contribution in [0.1, 0.15) is 41.6 Å². The lowest BCUT2D eigenvalue weighted by molar-refractivity contribution is -0.0752. The Morgan fingerprint density at radius 3 is 3.00 bits per heavy atom. The van der Waals surface area contributed by atoms with Crippen LogP contribution in [-0.4, -0.2) is 36.1 Å². The van der Waals surface area contributed by atoms with Gasteiger partial charge in [-0.05, 0) is 37.5 Å². The number of carbonyl (C=O) groups is 1. The monoisotopic (exact) mass is 289 g/mol. The van der Waals surface area contributed by atoms with E-state index in [9.17, 15) is 4.79 Å². The molecule has 21 heavy (non-hydrogen) atoms. The lowest BCUT2D eigenvalue weighted by Crippen LogP contribution is -2.54.